The van der Waals surface area contributed by atoms with Crippen molar-refractivity contribution in [2.75, 3.05) is 26.7 Å². The van der Waals surface area contributed by atoms with Crippen LogP contribution in [0.25, 0.3) is 0 Å². The number of aromatic nitrogens is 1. The summed E-state index contributed by atoms with van der Waals surface area (Å²) in [5.41, 5.74) is 2.07. The fourth-order valence-electron chi connectivity index (χ4n) is 4.56. The lowest BCUT2D eigenvalue weighted by molar-refractivity contribution is -0.138. The van der Waals surface area contributed by atoms with Gasteiger partial charge in [-0.1, -0.05) is 55.5 Å². The third-order valence-corrected chi connectivity index (χ3v) is 7.17. The molecule has 7 nitrogen and oxygen atoms in total. The number of hydrogen-bond acceptors (Lipinski definition) is 5. The molecule has 1 N–H and O–H groups in total. The van der Waals surface area contributed by atoms with E-state index >= 15 is 0 Å². The molecule has 0 saturated heterocycles. The molecule has 1 aromatic carbocycles. The highest BCUT2D eigenvalue weighted by atomic mass is 16.5. The first-order valence-electron chi connectivity index (χ1n) is 12.7. The molecule has 2 heterocycles. The first-order chi connectivity index (χ1) is 17.4. The molecule has 0 radical (unpaired) electrons. The molecule has 0 bridgehead atoms. The minimum atomic E-state index is -0.367. The minimum absolute atomic E-state index is 0.0696. The largest absolute Gasteiger partial charge is 0.472 e. The lowest BCUT2D eigenvalue weighted by Gasteiger charge is -2.38. The van der Waals surface area contributed by atoms with Crippen molar-refractivity contribution >= 4 is 11.8 Å². The zero-order chi connectivity index (χ0) is 25.7. The van der Waals surface area contributed by atoms with Gasteiger partial charge >= 0.3 is 0 Å². The molecule has 36 heavy (non-hydrogen) atoms. The van der Waals surface area contributed by atoms with Crippen LogP contribution in [-0.2, 0) is 11.2 Å². The van der Waals surface area contributed by atoms with Gasteiger partial charge in [0, 0.05) is 43.6 Å². The smallest absolute Gasteiger partial charge is 0.259 e. The summed E-state index contributed by atoms with van der Waals surface area (Å²) in [5, 5.41) is 9.84. The lowest BCUT2D eigenvalue weighted by Crippen LogP contribution is -2.51. The molecule has 1 fully saturated rings. The predicted octanol–water partition coefficient (Wildman–Crippen LogP) is 3.15. The molecule has 2 aromatic rings. The van der Waals surface area contributed by atoms with E-state index in [0.29, 0.717) is 30.6 Å². The Hall–Kier alpha value is -3.37. The Labute approximate surface area is 213 Å². The maximum atomic E-state index is 13.5. The van der Waals surface area contributed by atoms with Crippen LogP contribution >= 0.6 is 0 Å². The second kappa shape index (κ2) is 11.6. The van der Waals surface area contributed by atoms with E-state index in [1.54, 1.807) is 22.1 Å². The topological polar surface area (TPSA) is 83.0 Å². The molecule has 2 aliphatic rings. The van der Waals surface area contributed by atoms with Gasteiger partial charge in [0.25, 0.3) is 5.91 Å². The summed E-state index contributed by atoms with van der Waals surface area (Å²) in [6, 6.07) is 11.3. The Bertz CT molecular complexity index is 1140. The van der Waals surface area contributed by atoms with Crippen molar-refractivity contribution < 1.29 is 19.4 Å². The Morgan fingerprint density at radius 2 is 2.06 bits per heavy atom. The van der Waals surface area contributed by atoms with Gasteiger partial charge in [0.1, 0.15) is 11.7 Å². The Balaban J connectivity index is 1.60. The van der Waals surface area contributed by atoms with Crippen molar-refractivity contribution in [3.8, 4) is 17.7 Å². The second-order valence-corrected chi connectivity index (χ2v) is 10.0. The number of ether oxygens (including phenoxy) is 1. The summed E-state index contributed by atoms with van der Waals surface area (Å²) in [6.07, 6.45) is 4.86. The van der Waals surface area contributed by atoms with Crippen LogP contribution in [0, 0.1) is 23.7 Å². The number of hydrogen-bond donors (Lipinski definition) is 1. The molecule has 190 valence electrons. The number of nitrogens with zero attached hydrogens (tertiary/aromatic N) is 3. The van der Waals surface area contributed by atoms with Crippen LogP contribution in [0.1, 0.15) is 54.6 Å². The highest BCUT2D eigenvalue weighted by molar-refractivity contribution is 5.97. The van der Waals surface area contributed by atoms with Crippen LogP contribution in [0.4, 0.5) is 0 Å². The van der Waals surface area contributed by atoms with E-state index < -0.39 is 0 Å². The van der Waals surface area contributed by atoms with Gasteiger partial charge < -0.3 is 19.6 Å². The van der Waals surface area contributed by atoms with Gasteiger partial charge in [-0.25, -0.2) is 4.98 Å². The molecule has 7 heteroatoms. The van der Waals surface area contributed by atoms with Crippen LogP contribution in [0.2, 0.25) is 0 Å². The quantitative estimate of drug-likeness (QED) is 0.631. The highest BCUT2D eigenvalue weighted by Gasteiger charge is 2.36. The van der Waals surface area contributed by atoms with Gasteiger partial charge in [0.2, 0.25) is 11.8 Å². The molecular weight excluding hydrogens is 454 g/mol. The summed E-state index contributed by atoms with van der Waals surface area (Å²) in [4.78, 5) is 34.2. The van der Waals surface area contributed by atoms with Gasteiger partial charge in [-0.3, -0.25) is 9.59 Å². The number of likely N-dealkylation sites (N-methyl/N-ethyl adjacent to an activating group) is 1. The van der Waals surface area contributed by atoms with Crippen LogP contribution in [0.5, 0.6) is 5.88 Å². The third kappa shape index (κ3) is 5.88. The molecule has 4 rings (SSSR count). The van der Waals surface area contributed by atoms with Crippen molar-refractivity contribution in [2.45, 2.75) is 51.7 Å². The Morgan fingerprint density at radius 1 is 1.31 bits per heavy atom. The number of aliphatic hydroxyl groups is 1. The van der Waals surface area contributed by atoms with Crippen molar-refractivity contribution in [3.05, 3.63) is 59.3 Å². The molecule has 2 amide bonds. The number of pyridine rings is 1. The average molecular weight is 490 g/mol. The number of carbonyl (C=O) groups is 2. The summed E-state index contributed by atoms with van der Waals surface area (Å²) in [7, 11) is 1.81. The van der Waals surface area contributed by atoms with Gasteiger partial charge in [-0.05, 0) is 31.4 Å². The molecule has 1 aromatic heterocycles. The van der Waals surface area contributed by atoms with Crippen LogP contribution in [-0.4, -0.2) is 70.6 Å². The molecule has 0 unspecified atom stereocenters. The zero-order valence-corrected chi connectivity index (χ0v) is 21.3. The van der Waals surface area contributed by atoms with E-state index in [-0.39, 0.29) is 48.3 Å². The van der Waals surface area contributed by atoms with E-state index in [1.807, 2.05) is 51.2 Å². The highest BCUT2D eigenvalue weighted by Crippen LogP contribution is 2.30. The average Bonchev–Trinajstić information content (AvgIpc) is 2.85. The SMILES string of the molecule is C[C@H](CO)N1C[C@H](C)[C@H](CN(C)C(=O)C2CCC2)Oc2ncc(C#CCc3ccccc3)cc2C1=O. The van der Waals surface area contributed by atoms with E-state index in [4.69, 9.17) is 4.74 Å². The maximum Gasteiger partial charge on any atom is 0.259 e. The summed E-state index contributed by atoms with van der Waals surface area (Å²) in [6.45, 7) is 4.49. The van der Waals surface area contributed by atoms with Crippen LogP contribution < -0.4 is 4.74 Å². The Morgan fingerprint density at radius 3 is 2.72 bits per heavy atom. The first kappa shape index (κ1) is 25.7. The minimum Gasteiger partial charge on any atom is -0.472 e. The molecule has 1 aliphatic heterocycles. The monoisotopic (exact) mass is 489 g/mol. The van der Waals surface area contributed by atoms with Gasteiger partial charge in [0.05, 0.1) is 19.2 Å². The fraction of sp³-hybridized carbons (Fsp3) is 0.483. The van der Waals surface area contributed by atoms with Crippen molar-refractivity contribution in [1.29, 1.82) is 0 Å². The molecule has 0 spiro atoms. The van der Waals surface area contributed by atoms with Gasteiger partial charge in [0.15, 0.2) is 0 Å². The lowest BCUT2D eigenvalue weighted by atomic mass is 9.84. The van der Waals surface area contributed by atoms with E-state index in [0.717, 1.165) is 24.8 Å². The second-order valence-electron chi connectivity index (χ2n) is 10.0. The summed E-state index contributed by atoms with van der Waals surface area (Å²) < 4.78 is 6.30. The number of fused-ring (bicyclic) bond motifs is 1. The Kier molecular flexibility index (Phi) is 8.27. The standard InChI is InChI=1S/C29H35N3O4/c1-20-17-32(21(2)19-33)29(35)25-15-23(12-7-11-22-9-5-4-6-10-22)16-30-27(25)36-26(20)18-31(3)28(34)24-13-8-14-24/h4-6,9-10,15-16,20-21,24,26,33H,8,11,13-14,17-19H2,1-3H3/t20-,21+,26-/m0/s1. The maximum absolute atomic E-state index is 13.5. The van der Waals surface area contributed by atoms with Crippen molar-refractivity contribution in [2.24, 2.45) is 11.8 Å². The summed E-state index contributed by atoms with van der Waals surface area (Å²) >= 11 is 0. The van der Waals surface area contributed by atoms with Crippen LogP contribution in [0.15, 0.2) is 42.6 Å². The van der Waals surface area contributed by atoms with Gasteiger partial charge in [-0.2, -0.15) is 0 Å². The third-order valence-electron chi connectivity index (χ3n) is 7.17. The number of aliphatic hydroxyl groups excluding tert-OH is 1. The predicted molar refractivity (Wildman–Crippen MR) is 137 cm³/mol. The first-order valence-corrected chi connectivity index (χ1v) is 12.7. The van der Waals surface area contributed by atoms with Gasteiger partial charge in [-0.15, -0.1) is 0 Å². The van der Waals surface area contributed by atoms with E-state index in [2.05, 4.69) is 16.8 Å². The zero-order valence-electron chi connectivity index (χ0n) is 21.3. The van der Waals surface area contributed by atoms with Crippen molar-refractivity contribution in [1.82, 2.24) is 14.8 Å². The summed E-state index contributed by atoms with van der Waals surface area (Å²) in [5.74, 6) is 6.44. The van der Waals surface area contributed by atoms with E-state index in [9.17, 15) is 14.7 Å². The molecule has 1 aliphatic carbocycles. The molecule has 3 atom stereocenters. The molecule has 1 saturated carbocycles. The van der Waals surface area contributed by atoms with Crippen LogP contribution in [0.3, 0.4) is 0 Å². The number of rotatable bonds is 6. The van der Waals surface area contributed by atoms with Crippen molar-refractivity contribution in [3.63, 3.8) is 0 Å². The normalized spacial score (nSPS) is 20.6. The molecular formula is C29H35N3O4. The number of carbonyl (C=O) groups excluding carboxylic acids is 2. The number of amides is 2. The number of benzene rings is 1. The van der Waals surface area contributed by atoms with E-state index in [1.165, 1.54) is 0 Å². The fourth-order valence-corrected chi connectivity index (χ4v) is 4.56.